The summed E-state index contributed by atoms with van der Waals surface area (Å²) in [4.78, 5) is 23.2. The highest BCUT2D eigenvalue weighted by molar-refractivity contribution is 7.47. The van der Waals surface area contributed by atoms with Crippen LogP contribution in [0.25, 0.3) is 0 Å². The minimum Gasteiger partial charge on any atom is -0.387 e. The number of carbonyl (C=O) groups excluding carboxylic acids is 1. The Hall–Kier alpha value is -3.62. The molecule has 8 nitrogen and oxygen atoms in total. The van der Waals surface area contributed by atoms with Gasteiger partial charge in [0.2, 0.25) is 5.91 Å². The van der Waals surface area contributed by atoms with Gasteiger partial charge in [-0.15, -0.1) is 0 Å². The standard InChI is InChI=1S/C63H105N2O6P/c1-6-8-10-12-14-16-18-20-21-22-23-24-25-26-27-28-29-30-31-32-33-34-35-36-37-38-39-40-41-42-43-45-47-49-51-53-55-57-63(67)64-61(60-71-72(68,69)70-59-58-65(3,4)5)62(66)56-54-52-50-48-46-44-19-17-15-13-11-9-7-2/h8,10,14,16,20-21,23-24,26-27,29-30,32-33,35-36,38-39,41-42,45,47,54,56,61-62,66H,6-7,9,11-13,15,17-19,22,25,28,31,34,37,40,43-44,46,48-53,55,57-60H2,1-5H3,(H-,64,67,68,69)/p+1/b10-8-,16-14-,21-20-,24-23-,27-26-,30-29-,33-32-,36-35-,39-38-,42-41-,47-45-,56-54+. The number of hydrogen-bond donors (Lipinski definition) is 3. The van der Waals surface area contributed by atoms with Crippen molar-refractivity contribution in [2.24, 2.45) is 0 Å². The van der Waals surface area contributed by atoms with E-state index in [9.17, 15) is 19.4 Å². The van der Waals surface area contributed by atoms with E-state index in [0.29, 0.717) is 23.9 Å². The Morgan fingerprint density at radius 1 is 0.486 bits per heavy atom. The maximum Gasteiger partial charge on any atom is 0.472 e. The van der Waals surface area contributed by atoms with Crippen LogP contribution in [0.4, 0.5) is 0 Å². The number of phosphoric ester groups is 1. The molecule has 0 bridgehead atoms. The molecule has 0 aromatic heterocycles. The number of amides is 1. The molecular formula is C63H106N2O6P+. The Morgan fingerprint density at radius 3 is 1.22 bits per heavy atom. The van der Waals surface area contributed by atoms with Crippen molar-refractivity contribution in [1.29, 1.82) is 0 Å². The maximum absolute atomic E-state index is 12.9. The molecule has 9 heteroatoms. The molecule has 0 aromatic rings. The molecule has 0 aliphatic rings. The number of likely N-dealkylation sites (N-methyl/N-ethyl adjacent to an activating group) is 1. The molecule has 0 saturated carbocycles. The first-order valence-corrected chi connectivity index (χ1v) is 29.7. The van der Waals surface area contributed by atoms with Gasteiger partial charge in [-0.05, 0) is 103 Å². The van der Waals surface area contributed by atoms with Gasteiger partial charge in [-0.2, -0.15) is 0 Å². The van der Waals surface area contributed by atoms with Crippen LogP contribution in [0.15, 0.2) is 146 Å². The molecule has 3 atom stereocenters. The van der Waals surface area contributed by atoms with Crippen LogP contribution >= 0.6 is 7.82 Å². The highest BCUT2D eigenvalue weighted by atomic mass is 31.2. The number of hydrogen-bond acceptors (Lipinski definition) is 5. The molecular weight excluding hydrogens is 912 g/mol. The Morgan fingerprint density at radius 2 is 0.833 bits per heavy atom. The Labute approximate surface area is 442 Å². The third-order valence-corrected chi connectivity index (χ3v) is 12.5. The van der Waals surface area contributed by atoms with Gasteiger partial charge in [-0.1, -0.05) is 230 Å². The molecule has 1 amide bonds. The van der Waals surface area contributed by atoms with Crippen molar-refractivity contribution >= 4 is 13.7 Å². The summed E-state index contributed by atoms with van der Waals surface area (Å²) in [7, 11) is 1.52. The third-order valence-electron chi connectivity index (χ3n) is 11.6. The predicted octanol–water partition coefficient (Wildman–Crippen LogP) is 17.3. The molecule has 0 aliphatic heterocycles. The fraction of sp³-hybridized carbons (Fsp3) is 0.603. The minimum atomic E-state index is -4.36. The topological polar surface area (TPSA) is 105 Å². The average molecular weight is 1020 g/mol. The largest absolute Gasteiger partial charge is 0.472 e. The number of carbonyl (C=O) groups is 1. The van der Waals surface area contributed by atoms with Gasteiger partial charge in [0, 0.05) is 6.42 Å². The lowest BCUT2D eigenvalue weighted by Gasteiger charge is -2.25. The number of unbranched alkanes of at least 4 members (excludes halogenated alkanes) is 14. The maximum atomic E-state index is 12.9. The zero-order valence-electron chi connectivity index (χ0n) is 46.4. The molecule has 0 saturated heterocycles. The van der Waals surface area contributed by atoms with Gasteiger partial charge in [0.05, 0.1) is 39.9 Å². The minimum absolute atomic E-state index is 0.0466. The zero-order chi connectivity index (χ0) is 52.7. The number of aliphatic hydroxyl groups is 1. The number of aliphatic hydroxyl groups excluding tert-OH is 1. The van der Waals surface area contributed by atoms with Gasteiger partial charge in [0.25, 0.3) is 0 Å². The highest BCUT2D eigenvalue weighted by Gasteiger charge is 2.27. The van der Waals surface area contributed by atoms with E-state index in [4.69, 9.17) is 9.05 Å². The van der Waals surface area contributed by atoms with Gasteiger partial charge < -0.3 is 19.8 Å². The summed E-state index contributed by atoms with van der Waals surface area (Å²) in [5.74, 6) is -0.216. The van der Waals surface area contributed by atoms with E-state index in [0.717, 1.165) is 109 Å². The number of rotatable bonds is 49. The first-order chi connectivity index (χ1) is 35.0. The van der Waals surface area contributed by atoms with E-state index >= 15 is 0 Å². The Kier molecular flexibility index (Phi) is 49.6. The van der Waals surface area contributed by atoms with Crippen LogP contribution in [-0.4, -0.2) is 73.4 Å². The van der Waals surface area contributed by atoms with Gasteiger partial charge >= 0.3 is 7.82 Å². The molecule has 0 radical (unpaired) electrons. The first kappa shape index (κ1) is 68.4. The molecule has 72 heavy (non-hydrogen) atoms. The van der Waals surface area contributed by atoms with Crippen LogP contribution < -0.4 is 5.32 Å². The van der Waals surface area contributed by atoms with Crippen molar-refractivity contribution in [3.05, 3.63) is 146 Å². The number of phosphoric acid groups is 1. The van der Waals surface area contributed by atoms with Crippen molar-refractivity contribution < 1.29 is 32.9 Å². The lowest BCUT2D eigenvalue weighted by Crippen LogP contribution is -2.45. The number of allylic oxidation sites excluding steroid dienone is 23. The average Bonchev–Trinajstić information content (AvgIpc) is 3.34. The quantitative estimate of drug-likeness (QED) is 0.0243. The summed E-state index contributed by atoms with van der Waals surface area (Å²) >= 11 is 0. The summed E-state index contributed by atoms with van der Waals surface area (Å²) in [5, 5.41) is 13.8. The Balaban J connectivity index is 4.26. The monoisotopic (exact) mass is 1020 g/mol. The predicted molar refractivity (Wildman–Crippen MR) is 313 cm³/mol. The summed E-state index contributed by atoms with van der Waals surface area (Å²) in [6.07, 6.45) is 80.9. The van der Waals surface area contributed by atoms with Crippen LogP contribution in [0.5, 0.6) is 0 Å². The van der Waals surface area contributed by atoms with Crippen LogP contribution in [0.1, 0.15) is 194 Å². The third kappa shape index (κ3) is 54.2. The summed E-state index contributed by atoms with van der Waals surface area (Å²) in [6.45, 7) is 4.64. The van der Waals surface area contributed by atoms with Gasteiger partial charge in [-0.3, -0.25) is 13.8 Å². The molecule has 0 rings (SSSR count). The summed E-state index contributed by atoms with van der Waals surface area (Å²) in [5.41, 5.74) is 0. The fourth-order valence-corrected chi connectivity index (χ4v) is 7.90. The summed E-state index contributed by atoms with van der Waals surface area (Å²) < 4.78 is 23.6. The zero-order valence-corrected chi connectivity index (χ0v) is 47.2. The molecule has 408 valence electrons. The number of quaternary nitrogens is 1. The van der Waals surface area contributed by atoms with Gasteiger partial charge in [0.15, 0.2) is 0 Å². The van der Waals surface area contributed by atoms with E-state index in [1.807, 2.05) is 27.2 Å². The van der Waals surface area contributed by atoms with Crippen molar-refractivity contribution in [1.82, 2.24) is 5.32 Å². The SMILES string of the molecule is CC/C=C\C/C=C\C/C=C\C/C=C\C/C=C\C/C=C\C/C=C\C/C=C\C/C=C\C/C=C\C/C=C\CCCCCC(=O)NC(COP(=O)(O)OCC[N+](C)(C)C)C(O)/C=C/CCCCCCCCCCCCC. The smallest absolute Gasteiger partial charge is 0.387 e. The lowest BCUT2D eigenvalue weighted by molar-refractivity contribution is -0.870. The second kappa shape index (κ2) is 52.3. The van der Waals surface area contributed by atoms with Crippen LogP contribution in [-0.2, 0) is 18.4 Å². The normalized spacial score (nSPS) is 15.0. The second-order valence-electron chi connectivity index (χ2n) is 19.6. The van der Waals surface area contributed by atoms with Crippen LogP contribution in [0, 0.1) is 0 Å². The van der Waals surface area contributed by atoms with Crippen LogP contribution in [0.3, 0.4) is 0 Å². The van der Waals surface area contributed by atoms with Gasteiger partial charge in [-0.25, -0.2) is 4.57 Å². The Bertz CT molecular complexity index is 1670. The molecule has 0 fully saturated rings. The van der Waals surface area contributed by atoms with E-state index in [2.05, 4.69) is 153 Å². The van der Waals surface area contributed by atoms with Crippen molar-refractivity contribution in [3.63, 3.8) is 0 Å². The van der Waals surface area contributed by atoms with Crippen LogP contribution in [0.2, 0.25) is 0 Å². The second-order valence-corrected chi connectivity index (χ2v) is 21.0. The molecule has 0 aromatic carbocycles. The highest BCUT2D eigenvalue weighted by Crippen LogP contribution is 2.43. The molecule has 0 aliphatic carbocycles. The van der Waals surface area contributed by atoms with Crippen molar-refractivity contribution in [2.75, 3.05) is 40.9 Å². The fourth-order valence-electron chi connectivity index (χ4n) is 7.16. The summed E-state index contributed by atoms with van der Waals surface area (Å²) in [6, 6.07) is -0.875. The van der Waals surface area contributed by atoms with Crippen molar-refractivity contribution in [2.45, 2.75) is 206 Å². The van der Waals surface area contributed by atoms with E-state index < -0.39 is 20.0 Å². The van der Waals surface area contributed by atoms with E-state index in [-0.39, 0.29) is 19.1 Å². The molecule has 3 N–H and O–H groups in total. The van der Waals surface area contributed by atoms with E-state index in [1.165, 1.54) is 57.8 Å². The van der Waals surface area contributed by atoms with Gasteiger partial charge in [0.1, 0.15) is 13.2 Å². The number of nitrogens with zero attached hydrogens (tertiary/aromatic N) is 1. The first-order valence-electron chi connectivity index (χ1n) is 28.2. The van der Waals surface area contributed by atoms with Crippen molar-refractivity contribution in [3.8, 4) is 0 Å². The molecule has 0 heterocycles. The van der Waals surface area contributed by atoms with E-state index in [1.54, 1.807) is 6.08 Å². The lowest BCUT2D eigenvalue weighted by atomic mass is 10.0. The molecule has 0 spiro atoms. The number of nitrogens with one attached hydrogen (secondary N) is 1. The molecule has 3 unspecified atom stereocenters.